The summed E-state index contributed by atoms with van der Waals surface area (Å²) in [7, 11) is 1.41. The van der Waals surface area contributed by atoms with Crippen molar-refractivity contribution in [2.45, 2.75) is 45.1 Å². The number of hydrogen-bond acceptors (Lipinski definition) is 4. The number of benzene rings is 2. The third-order valence-electron chi connectivity index (χ3n) is 5.70. The highest BCUT2D eigenvalue weighted by molar-refractivity contribution is 5.73. The van der Waals surface area contributed by atoms with Gasteiger partial charge in [-0.05, 0) is 54.5 Å². The van der Waals surface area contributed by atoms with Gasteiger partial charge in [-0.25, -0.2) is 0 Å². The number of amides is 1. The first-order valence-corrected chi connectivity index (χ1v) is 10.2. The van der Waals surface area contributed by atoms with Crippen LogP contribution in [0, 0.1) is 0 Å². The van der Waals surface area contributed by atoms with Gasteiger partial charge in [0.1, 0.15) is 0 Å². The molecule has 2 aromatic rings. The minimum absolute atomic E-state index is 0.00715. The third kappa shape index (κ3) is 5.59. The Morgan fingerprint density at radius 2 is 1.69 bits per heavy atom. The van der Waals surface area contributed by atoms with Crippen molar-refractivity contribution in [3.63, 3.8) is 0 Å². The Labute approximate surface area is 173 Å². The summed E-state index contributed by atoms with van der Waals surface area (Å²) in [6, 6.07) is 16.9. The normalized spacial score (nSPS) is 15.6. The molecule has 0 aliphatic carbocycles. The number of carbonyl (C=O) groups excluding carboxylic acids is 2. The minimum atomic E-state index is -0.212. The second-order valence-electron chi connectivity index (χ2n) is 7.77. The molecule has 1 aliphatic rings. The Morgan fingerprint density at radius 3 is 2.24 bits per heavy atom. The fraction of sp³-hybridized carbons (Fsp3) is 0.417. The number of nitrogens with one attached hydrogen (secondary N) is 1. The molecule has 0 bridgehead atoms. The number of methoxy groups -OCH3 is 1. The molecule has 1 amide bonds. The standard InChI is InChI=1S/C24H30N2O3/c1-17(25-18(2)27)20-6-8-21(9-7-20)22-12-14-26(15-13-22)23-10-4-19(5-11-23)16-24(28)29-3/h4-11,17,22H,12-16H2,1-3H3,(H,25,27)/t17-/m0/s1. The lowest BCUT2D eigenvalue weighted by atomic mass is 9.88. The Balaban J connectivity index is 1.55. The van der Waals surface area contributed by atoms with E-state index in [1.165, 1.54) is 18.4 Å². The van der Waals surface area contributed by atoms with Crippen LogP contribution < -0.4 is 10.2 Å². The largest absolute Gasteiger partial charge is 0.469 e. The molecule has 0 aromatic heterocycles. The van der Waals surface area contributed by atoms with Gasteiger partial charge in [0.2, 0.25) is 5.91 Å². The molecule has 5 nitrogen and oxygen atoms in total. The van der Waals surface area contributed by atoms with Gasteiger partial charge >= 0.3 is 5.97 Å². The van der Waals surface area contributed by atoms with E-state index in [0.29, 0.717) is 12.3 Å². The molecule has 1 heterocycles. The van der Waals surface area contributed by atoms with Crippen LogP contribution in [0.1, 0.15) is 55.3 Å². The van der Waals surface area contributed by atoms with E-state index in [2.05, 4.69) is 46.6 Å². The summed E-state index contributed by atoms with van der Waals surface area (Å²) in [4.78, 5) is 25.0. The van der Waals surface area contributed by atoms with Crippen molar-refractivity contribution in [2.75, 3.05) is 25.1 Å². The number of anilines is 1. The maximum absolute atomic E-state index is 11.4. The van der Waals surface area contributed by atoms with Crippen molar-refractivity contribution in [3.8, 4) is 0 Å². The molecule has 0 spiro atoms. The van der Waals surface area contributed by atoms with Crippen LogP contribution in [0.5, 0.6) is 0 Å². The number of ether oxygens (including phenoxy) is 1. The fourth-order valence-corrected chi connectivity index (χ4v) is 3.98. The van der Waals surface area contributed by atoms with Crippen molar-refractivity contribution in [1.82, 2.24) is 5.32 Å². The molecule has 1 fully saturated rings. The van der Waals surface area contributed by atoms with Gasteiger partial charge in [-0.1, -0.05) is 36.4 Å². The Morgan fingerprint density at radius 1 is 1.07 bits per heavy atom. The second-order valence-corrected chi connectivity index (χ2v) is 7.77. The minimum Gasteiger partial charge on any atom is -0.469 e. The highest BCUT2D eigenvalue weighted by Gasteiger charge is 2.21. The number of rotatable bonds is 6. The van der Waals surface area contributed by atoms with Gasteiger partial charge in [0, 0.05) is 25.7 Å². The topological polar surface area (TPSA) is 58.6 Å². The van der Waals surface area contributed by atoms with Crippen LogP contribution in [0.25, 0.3) is 0 Å². The first kappa shape index (κ1) is 20.9. The van der Waals surface area contributed by atoms with E-state index in [-0.39, 0.29) is 17.9 Å². The molecule has 1 N–H and O–H groups in total. The van der Waals surface area contributed by atoms with Crippen LogP contribution in [0.2, 0.25) is 0 Å². The highest BCUT2D eigenvalue weighted by atomic mass is 16.5. The van der Waals surface area contributed by atoms with Crippen LogP contribution in [-0.2, 0) is 20.7 Å². The van der Waals surface area contributed by atoms with E-state index in [1.54, 1.807) is 6.92 Å². The summed E-state index contributed by atoms with van der Waals surface area (Å²) >= 11 is 0. The van der Waals surface area contributed by atoms with Crippen molar-refractivity contribution in [2.24, 2.45) is 0 Å². The lowest BCUT2D eigenvalue weighted by molar-refractivity contribution is -0.139. The zero-order chi connectivity index (χ0) is 20.8. The first-order valence-electron chi connectivity index (χ1n) is 10.2. The number of piperidine rings is 1. The Hall–Kier alpha value is -2.82. The zero-order valence-electron chi connectivity index (χ0n) is 17.5. The molecule has 0 radical (unpaired) electrons. The number of nitrogens with zero attached hydrogens (tertiary/aromatic N) is 1. The van der Waals surface area contributed by atoms with Gasteiger partial charge in [0.15, 0.2) is 0 Å². The molecule has 3 rings (SSSR count). The SMILES string of the molecule is COC(=O)Cc1ccc(N2CCC(c3ccc([C@H](C)NC(C)=O)cc3)CC2)cc1. The van der Waals surface area contributed by atoms with Crippen molar-refractivity contribution in [3.05, 3.63) is 65.2 Å². The van der Waals surface area contributed by atoms with Crippen molar-refractivity contribution >= 4 is 17.6 Å². The molecule has 154 valence electrons. The molecule has 1 saturated heterocycles. The molecular formula is C24H30N2O3. The Kier molecular flexibility index (Phi) is 6.91. The van der Waals surface area contributed by atoms with Gasteiger partial charge in [0.05, 0.1) is 19.6 Å². The van der Waals surface area contributed by atoms with Crippen LogP contribution >= 0.6 is 0 Å². The summed E-state index contributed by atoms with van der Waals surface area (Å²) in [5.41, 5.74) is 4.69. The van der Waals surface area contributed by atoms with E-state index in [0.717, 1.165) is 37.1 Å². The summed E-state index contributed by atoms with van der Waals surface area (Å²) in [6.07, 6.45) is 2.55. The summed E-state index contributed by atoms with van der Waals surface area (Å²) in [6.45, 7) is 5.59. The molecular weight excluding hydrogens is 364 g/mol. The van der Waals surface area contributed by atoms with Crippen LogP contribution in [-0.4, -0.2) is 32.1 Å². The lowest BCUT2D eigenvalue weighted by Gasteiger charge is -2.34. The molecule has 1 atom stereocenters. The van der Waals surface area contributed by atoms with Gasteiger partial charge in [-0.15, -0.1) is 0 Å². The van der Waals surface area contributed by atoms with E-state index >= 15 is 0 Å². The fourth-order valence-electron chi connectivity index (χ4n) is 3.98. The van der Waals surface area contributed by atoms with E-state index in [1.807, 2.05) is 19.1 Å². The zero-order valence-corrected chi connectivity index (χ0v) is 17.5. The predicted octanol–water partition coefficient (Wildman–Crippen LogP) is 3.98. The highest BCUT2D eigenvalue weighted by Crippen LogP contribution is 2.31. The quantitative estimate of drug-likeness (QED) is 0.753. The first-order chi connectivity index (χ1) is 14.0. The van der Waals surface area contributed by atoms with Crippen molar-refractivity contribution in [1.29, 1.82) is 0 Å². The summed E-state index contributed by atoms with van der Waals surface area (Å²) < 4.78 is 4.72. The van der Waals surface area contributed by atoms with E-state index in [9.17, 15) is 9.59 Å². The summed E-state index contributed by atoms with van der Waals surface area (Å²) in [5, 5.41) is 2.93. The molecule has 29 heavy (non-hydrogen) atoms. The third-order valence-corrected chi connectivity index (χ3v) is 5.70. The molecule has 5 heteroatoms. The number of carbonyl (C=O) groups is 2. The molecule has 0 saturated carbocycles. The van der Waals surface area contributed by atoms with Gasteiger partial charge < -0.3 is 15.0 Å². The molecule has 0 unspecified atom stereocenters. The van der Waals surface area contributed by atoms with Gasteiger partial charge in [-0.3, -0.25) is 9.59 Å². The monoisotopic (exact) mass is 394 g/mol. The molecule has 2 aromatic carbocycles. The van der Waals surface area contributed by atoms with Crippen LogP contribution in [0.3, 0.4) is 0 Å². The maximum atomic E-state index is 11.4. The predicted molar refractivity (Wildman–Crippen MR) is 115 cm³/mol. The molecule has 1 aliphatic heterocycles. The van der Waals surface area contributed by atoms with Crippen LogP contribution in [0.4, 0.5) is 5.69 Å². The van der Waals surface area contributed by atoms with E-state index < -0.39 is 0 Å². The smallest absolute Gasteiger partial charge is 0.309 e. The van der Waals surface area contributed by atoms with Crippen molar-refractivity contribution < 1.29 is 14.3 Å². The van der Waals surface area contributed by atoms with Gasteiger partial charge in [-0.2, -0.15) is 0 Å². The average Bonchev–Trinajstić information content (AvgIpc) is 2.74. The van der Waals surface area contributed by atoms with Gasteiger partial charge in [0.25, 0.3) is 0 Å². The Bertz CT molecular complexity index is 822. The lowest BCUT2D eigenvalue weighted by Crippen LogP contribution is -2.32. The van der Waals surface area contributed by atoms with E-state index in [4.69, 9.17) is 4.74 Å². The summed E-state index contributed by atoms with van der Waals surface area (Å²) in [5.74, 6) is 0.346. The average molecular weight is 395 g/mol. The van der Waals surface area contributed by atoms with Crippen LogP contribution in [0.15, 0.2) is 48.5 Å². The number of esters is 1. The number of hydrogen-bond donors (Lipinski definition) is 1. The second kappa shape index (κ2) is 9.59. The maximum Gasteiger partial charge on any atom is 0.309 e.